The van der Waals surface area contributed by atoms with Crippen molar-refractivity contribution in [1.29, 1.82) is 0 Å². The van der Waals surface area contributed by atoms with Crippen molar-refractivity contribution in [2.75, 3.05) is 19.6 Å². The SMILES string of the molecule is CCCN1CCC2(CC1)Oc1ccc(Br)cc1C1CC(c3ccc4ccccc4c3)=NN12. The molecule has 3 aliphatic heterocycles. The van der Waals surface area contributed by atoms with Crippen molar-refractivity contribution in [1.82, 2.24) is 9.91 Å². The van der Waals surface area contributed by atoms with Crippen LogP contribution in [0.5, 0.6) is 5.75 Å². The predicted molar refractivity (Wildman–Crippen MR) is 133 cm³/mol. The van der Waals surface area contributed by atoms with Gasteiger partial charge in [-0.05, 0) is 53.6 Å². The van der Waals surface area contributed by atoms with Gasteiger partial charge in [-0.15, -0.1) is 0 Å². The summed E-state index contributed by atoms with van der Waals surface area (Å²) in [5.41, 5.74) is 3.26. The Balaban J connectivity index is 1.40. The van der Waals surface area contributed by atoms with Gasteiger partial charge in [0.05, 0.1) is 11.8 Å². The number of benzene rings is 3. The molecule has 164 valence electrons. The number of hydrogen-bond acceptors (Lipinski definition) is 4. The van der Waals surface area contributed by atoms with Gasteiger partial charge in [0.25, 0.3) is 0 Å². The van der Waals surface area contributed by atoms with E-state index < -0.39 is 0 Å². The highest BCUT2D eigenvalue weighted by molar-refractivity contribution is 9.10. The van der Waals surface area contributed by atoms with Crippen LogP contribution in [0, 0.1) is 0 Å². The maximum Gasteiger partial charge on any atom is 0.200 e. The van der Waals surface area contributed by atoms with Gasteiger partial charge in [-0.2, -0.15) is 5.10 Å². The number of rotatable bonds is 3. The maximum absolute atomic E-state index is 6.78. The molecule has 0 radical (unpaired) electrons. The number of hydrogen-bond donors (Lipinski definition) is 0. The van der Waals surface area contributed by atoms with Gasteiger partial charge >= 0.3 is 0 Å². The lowest BCUT2D eigenvalue weighted by molar-refractivity contribution is -0.149. The maximum atomic E-state index is 6.78. The van der Waals surface area contributed by atoms with Gasteiger partial charge in [0.2, 0.25) is 5.72 Å². The molecule has 3 heterocycles. The molecule has 0 aliphatic carbocycles. The zero-order chi connectivity index (χ0) is 21.7. The second-order valence-corrected chi connectivity index (χ2v) is 10.2. The second-order valence-electron chi connectivity index (χ2n) is 9.25. The van der Waals surface area contributed by atoms with E-state index in [1.54, 1.807) is 0 Å². The van der Waals surface area contributed by atoms with Crippen LogP contribution in [0.1, 0.15) is 49.8 Å². The van der Waals surface area contributed by atoms with Gasteiger partial charge in [0, 0.05) is 42.4 Å². The normalized spacial score (nSPS) is 21.9. The van der Waals surface area contributed by atoms with E-state index in [1.165, 1.54) is 28.3 Å². The van der Waals surface area contributed by atoms with Crippen molar-refractivity contribution in [3.8, 4) is 5.75 Å². The Hall–Kier alpha value is -2.37. The molecule has 1 fully saturated rings. The molecule has 0 saturated carbocycles. The lowest BCUT2D eigenvalue weighted by Gasteiger charge is -2.51. The average Bonchev–Trinajstić information content (AvgIpc) is 3.28. The summed E-state index contributed by atoms with van der Waals surface area (Å²) in [6.07, 6.45) is 4.06. The van der Waals surface area contributed by atoms with E-state index in [9.17, 15) is 0 Å². The van der Waals surface area contributed by atoms with E-state index in [0.717, 1.165) is 54.8 Å². The molecule has 3 aliphatic rings. The molecule has 0 bridgehead atoms. The third kappa shape index (κ3) is 3.34. The van der Waals surface area contributed by atoms with E-state index in [4.69, 9.17) is 9.84 Å². The highest BCUT2D eigenvalue weighted by Crippen LogP contribution is 2.50. The first-order valence-corrected chi connectivity index (χ1v) is 12.5. The molecule has 1 atom stereocenters. The van der Waals surface area contributed by atoms with Crippen LogP contribution in [0.4, 0.5) is 0 Å². The summed E-state index contributed by atoms with van der Waals surface area (Å²) in [5.74, 6) is 1.02. The molecule has 3 aromatic carbocycles. The smallest absolute Gasteiger partial charge is 0.200 e. The number of piperidine rings is 1. The fraction of sp³-hybridized carbons (Fsp3) is 0.370. The minimum atomic E-state index is -0.353. The number of fused-ring (bicyclic) bond motifs is 5. The number of hydrazone groups is 1. The zero-order valence-electron chi connectivity index (χ0n) is 18.4. The molecule has 0 amide bonds. The molecule has 5 heteroatoms. The Bertz CT molecular complexity index is 1200. The third-order valence-corrected chi connectivity index (χ3v) is 7.71. The molecule has 32 heavy (non-hydrogen) atoms. The van der Waals surface area contributed by atoms with Gasteiger partial charge in [0.1, 0.15) is 5.75 Å². The Kier molecular flexibility index (Phi) is 4.99. The largest absolute Gasteiger partial charge is 0.466 e. The first-order chi connectivity index (χ1) is 15.6. The summed E-state index contributed by atoms with van der Waals surface area (Å²) in [7, 11) is 0. The third-order valence-electron chi connectivity index (χ3n) is 7.22. The van der Waals surface area contributed by atoms with Gasteiger partial charge in [0.15, 0.2) is 0 Å². The van der Waals surface area contributed by atoms with Crippen LogP contribution in [0.3, 0.4) is 0 Å². The summed E-state index contributed by atoms with van der Waals surface area (Å²) in [6, 6.07) is 21.9. The highest BCUT2D eigenvalue weighted by Gasteiger charge is 2.51. The van der Waals surface area contributed by atoms with Crippen molar-refractivity contribution < 1.29 is 4.74 Å². The molecule has 6 rings (SSSR count). The van der Waals surface area contributed by atoms with Crippen LogP contribution in [0.25, 0.3) is 10.8 Å². The molecule has 1 saturated heterocycles. The fourth-order valence-corrected chi connectivity index (χ4v) is 5.95. The topological polar surface area (TPSA) is 28.1 Å². The van der Waals surface area contributed by atoms with Crippen molar-refractivity contribution in [2.24, 2.45) is 5.10 Å². The monoisotopic (exact) mass is 489 g/mol. The van der Waals surface area contributed by atoms with Crippen LogP contribution in [0.15, 0.2) is 70.2 Å². The molecule has 0 N–H and O–H groups in total. The molecular weight excluding hydrogens is 462 g/mol. The van der Waals surface area contributed by atoms with Crippen LogP contribution in [-0.2, 0) is 0 Å². The van der Waals surface area contributed by atoms with E-state index in [-0.39, 0.29) is 11.8 Å². The Morgan fingerprint density at radius 2 is 1.84 bits per heavy atom. The molecule has 0 aromatic heterocycles. The second kappa shape index (κ2) is 7.89. The van der Waals surface area contributed by atoms with Crippen molar-refractivity contribution in [3.63, 3.8) is 0 Å². The number of halogens is 1. The Morgan fingerprint density at radius 1 is 1.03 bits per heavy atom. The Morgan fingerprint density at radius 3 is 2.66 bits per heavy atom. The van der Waals surface area contributed by atoms with Gasteiger partial charge < -0.3 is 9.64 Å². The highest BCUT2D eigenvalue weighted by atomic mass is 79.9. The summed E-state index contributed by atoms with van der Waals surface area (Å²) in [6.45, 7) is 5.54. The fourth-order valence-electron chi connectivity index (χ4n) is 5.57. The van der Waals surface area contributed by atoms with Gasteiger partial charge in [-0.3, -0.25) is 0 Å². The van der Waals surface area contributed by atoms with E-state index in [0.29, 0.717) is 0 Å². The first-order valence-electron chi connectivity index (χ1n) is 11.7. The first kappa shape index (κ1) is 20.3. The average molecular weight is 490 g/mol. The van der Waals surface area contributed by atoms with Crippen LogP contribution < -0.4 is 4.74 Å². The molecule has 4 nitrogen and oxygen atoms in total. The molecule has 1 spiro atoms. The zero-order valence-corrected chi connectivity index (χ0v) is 20.0. The van der Waals surface area contributed by atoms with Crippen molar-refractivity contribution in [2.45, 2.75) is 44.4 Å². The van der Waals surface area contributed by atoms with Gasteiger partial charge in [-0.1, -0.05) is 59.3 Å². The quantitative estimate of drug-likeness (QED) is 0.429. The molecular formula is C27H28BrN3O. The molecule has 1 unspecified atom stereocenters. The number of likely N-dealkylation sites (tertiary alicyclic amines) is 1. The Labute approximate surface area is 198 Å². The van der Waals surface area contributed by atoms with Gasteiger partial charge in [-0.25, -0.2) is 5.01 Å². The van der Waals surface area contributed by atoms with Crippen LogP contribution in [-0.4, -0.2) is 41.0 Å². The predicted octanol–water partition coefficient (Wildman–Crippen LogP) is 6.35. The minimum Gasteiger partial charge on any atom is -0.466 e. The van der Waals surface area contributed by atoms with Crippen molar-refractivity contribution in [3.05, 3.63) is 76.3 Å². The minimum absolute atomic E-state index is 0.218. The summed E-state index contributed by atoms with van der Waals surface area (Å²) in [4.78, 5) is 2.56. The standard InChI is InChI=1S/C27H28BrN3O/c1-2-13-30-14-11-27(12-15-30)31-25(23-17-22(28)9-10-26(23)32-27)18-24(29-31)21-8-7-19-5-3-4-6-20(19)16-21/h3-10,16-17,25H,2,11-15,18H2,1H3. The summed E-state index contributed by atoms with van der Waals surface area (Å²) in [5, 5.41) is 10.1. The van der Waals surface area contributed by atoms with E-state index >= 15 is 0 Å². The van der Waals surface area contributed by atoms with E-state index in [1.807, 2.05) is 0 Å². The van der Waals surface area contributed by atoms with Crippen molar-refractivity contribution >= 4 is 32.4 Å². The number of ether oxygens (including phenoxy) is 1. The summed E-state index contributed by atoms with van der Waals surface area (Å²) >= 11 is 3.67. The number of nitrogens with zero attached hydrogens (tertiary/aromatic N) is 3. The lowest BCUT2D eigenvalue weighted by atomic mass is 9.90. The molecule has 3 aromatic rings. The lowest BCUT2D eigenvalue weighted by Crippen LogP contribution is -2.59. The summed E-state index contributed by atoms with van der Waals surface area (Å²) < 4.78 is 7.87. The van der Waals surface area contributed by atoms with Crippen LogP contribution in [0.2, 0.25) is 0 Å². The van der Waals surface area contributed by atoms with Crippen LogP contribution >= 0.6 is 15.9 Å². The van der Waals surface area contributed by atoms with E-state index in [2.05, 4.69) is 93.4 Å².